The highest BCUT2D eigenvalue weighted by Gasteiger charge is 2.33. The first-order valence-corrected chi connectivity index (χ1v) is 6.44. The van der Waals surface area contributed by atoms with Crippen LogP contribution in [0, 0.1) is 0 Å². The highest BCUT2D eigenvalue weighted by Crippen LogP contribution is 2.30. The van der Waals surface area contributed by atoms with E-state index in [0.717, 1.165) is 6.07 Å². The number of nitrogens with zero attached hydrogens (tertiary/aromatic N) is 2. The lowest BCUT2D eigenvalue weighted by Gasteiger charge is -2.26. The topological polar surface area (TPSA) is 60.6 Å². The van der Waals surface area contributed by atoms with Gasteiger partial charge in [0.2, 0.25) is 0 Å². The van der Waals surface area contributed by atoms with E-state index >= 15 is 0 Å². The van der Waals surface area contributed by atoms with Gasteiger partial charge in [0.15, 0.2) is 0 Å². The smallest absolute Gasteiger partial charge is 0.383 e. The lowest BCUT2D eigenvalue weighted by molar-refractivity contribution is -0.141. The summed E-state index contributed by atoms with van der Waals surface area (Å²) in [5.74, 6) is 0.224. The Morgan fingerprint density at radius 1 is 1.14 bits per heavy atom. The molecule has 0 unspecified atom stereocenters. The quantitative estimate of drug-likeness (QED) is 0.791. The zero-order chi connectivity index (χ0) is 15.9. The first kappa shape index (κ1) is 17.7. The van der Waals surface area contributed by atoms with Crippen molar-refractivity contribution in [3.63, 3.8) is 0 Å². The Balaban J connectivity index is 3.12. The first-order valence-electron chi connectivity index (χ1n) is 6.44. The molecule has 0 saturated carbocycles. The lowest BCUT2D eigenvalue weighted by Crippen LogP contribution is -2.33. The summed E-state index contributed by atoms with van der Waals surface area (Å²) < 4.78 is 48.4. The average Bonchev–Trinajstić information content (AvgIpc) is 2.46. The number of nitrogens with two attached hydrogens (primary N) is 1. The number of alkyl halides is 3. The number of halogens is 3. The standard InChI is InChI=1S/C13H20F3N3O2/c1-20-7-5-19(6-8-21-2)12-10(9-17)3-4-11(18-12)13(14,15)16/h3-4H,5-9,17H2,1-2H3. The molecule has 8 heteroatoms. The highest BCUT2D eigenvalue weighted by atomic mass is 19.4. The van der Waals surface area contributed by atoms with Crippen molar-refractivity contribution in [3.8, 4) is 0 Å². The van der Waals surface area contributed by atoms with Crippen LogP contribution in [0.2, 0.25) is 0 Å². The maximum absolute atomic E-state index is 12.8. The molecule has 0 amide bonds. The lowest BCUT2D eigenvalue weighted by atomic mass is 10.2. The maximum Gasteiger partial charge on any atom is 0.433 e. The van der Waals surface area contributed by atoms with E-state index in [-0.39, 0.29) is 12.4 Å². The van der Waals surface area contributed by atoms with E-state index in [1.807, 2.05) is 0 Å². The molecule has 0 spiro atoms. The van der Waals surface area contributed by atoms with Gasteiger partial charge >= 0.3 is 6.18 Å². The van der Waals surface area contributed by atoms with Crippen LogP contribution in [-0.2, 0) is 22.2 Å². The molecule has 0 atom stereocenters. The normalized spacial score (nSPS) is 11.7. The molecule has 0 fully saturated rings. The van der Waals surface area contributed by atoms with Gasteiger partial charge in [-0.3, -0.25) is 0 Å². The third kappa shape index (κ3) is 5.14. The second-order valence-electron chi connectivity index (χ2n) is 4.35. The zero-order valence-corrected chi connectivity index (χ0v) is 12.1. The number of hydrogen-bond acceptors (Lipinski definition) is 5. The van der Waals surface area contributed by atoms with Crippen LogP contribution in [0.3, 0.4) is 0 Å². The minimum Gasteiger partial charge on any atom is -0.383 e. The number of methoxy groups -OCH3 is 2. The molecule has 5 nitrogen and oxygen atoms in total. The molecule has 0 saturated heterocycles. The van der Waals surface area contributed by atoms with Gasteiger partial charge in [-0.25, -0.2) is 4.98 Å². The summed E-state index contributed by atoms with van der Waals surface area (Å²) in [5, 5.41) is 0. The summed E-state index contributed by atoms with van der Waals surface area (Å²) in [5.41, 5.74) is 5.21. The third-order valence-corrected chi connectivity index (χ3v) is 2.90. The monoisotopic (exact) mass is 307 g/mol. The van der Waals surface area contributed by atoms with E-state index in [0.29, 0.717) is 31.9 Å². The molecule has 1 aromatic rings. The fourth-order valence-corrected chi connectivity index (χ4v) is 1.79. The minimum absolute atomic E-state index is 0.108. The van der Waals surface area contributed by atoms with Crippen molar-refractivity contribution in [3.05, 3.63) is 23.4 Å². The molecule has 2 N–H and O–H groups in total. The van der Waals surface area contributed by atoms with Gasteiger partial charge in [0, 0.05) is 39.4 Å². The number of hydrogen-bond donors (Lipinski definition) is 1. The number of rotatable bonds is 8. The van der Waals surface area contributed by atoms with Crippen molar-refractivity contribution < 1.29 is 22.6 Å². The molecule has 0 aliphatic carbocycles. The van der Waals surface area contributed by atoms with Gasteiger partial charge in [-0.05, 0) is 6.07 Å². The second-order valence-corrected chi connectivity index (χ2v) is 4.35. The van der Waals surface area contributed by atoms with Crippen molar-refractivity contribution in [2.75, 3.05) is 45.4 Å². The van der Waals surface area contributed by atoms with Crippen LogP contribution in [0.5, 0.6) is 0 Å². The van der Waals surface area contributed by atoms with Gasteiger partial charge < -0.3 is 20.1 Å². The molecule has 1 rings (SSSR count). The molecule has 0 aliphatic heterocycles. The Labute approximate surface area is 121 Å². The van der Waals surface area contributed by atoms with Crippen LogP contribution in [0.4, 0.5) is 19.0 Å². The molecule has 1 aromatic heterocycles. The molecule has 0 bridgehead atoms. The van der Waals surface area contributed by atoms with Crippen LogP contribution in [0.15, 0.2) is 12.1 Å². The van der Waals surface area contributed by atoms with Gasteiger partial charge in [-0.2, -0.15) is 13.2 Å². The van der Waals surface area contributed by atoms with Gasteiger partial charge in [-0.15, -0.1) is 0 Å². The molecular formula is C13H20F3N3O2. The highest BCUT2D eigenvalue weighted by molar-refractivity contribution is 5.48. The Morgan fingerprint density at radius 2 is 1.71 bits per heavy atom. The Bertz CT molecular complexity index is 433. The SMILES string of the molecule is COCCN(CCOC)c1nc(C(F)(F)F)ccc1CN. The van der Waals surface area contributed by atoms with Crippen LogP contribution < -0.4 is 10.6 Å². The van der Waals surface area contributed by atoms with Crippen molar-refractivity contribution in [1.29, 1.82) is 0 Å². The van der Waals surface area contributed by atoms with Crippen LogP contribution in [0.1, 0.15) is 11.3 Å². The van der Waals surface area contributed by atoms with Gasteiger partial charge in [0.1, 0.15) is 11.5 Å². The fraction of sp³-hybridized carbons (Fsp3) is 0.615. The van der Waals surface area contributed by atoms with E-state index in [9.17, 15) is 13.2 Å². The fourth-order valence-electron chi connectivity index (χ4n) is 1.79. The molecule has 0 aliphatic rings. The Morgan fingerprint density at radius 3 is 2.14 bits per heavy atom. The van der Waals surface area contributed by atoms with E-state index in [1.165, 1.54) is 20.3 Å². The summed E-state index contributed by atoms with van der Waals surface area (Å²) in [7, 11) is 3.05. The van der Waals surface area contributed by atoms with E-state index in [4.69, 9.17) is 15.2 Å². The molecule has 1 heterocycles. The minimum atomic E-state index is -4.49. The number of aromatic nitrogens is 1. The third-order valence-electron chi connectivity index (χ3n) is 2.90. The van der Waals surface area contributed by atoms with Crippen LogP contribution in [-0.4, -0.2) is 45.5 Å². The van der Waals surface area contributed by atoms with Gasteiger partial charge in [0.05, 0.1) is 13.2 Å². The van der Waals surface area contributed by atoms with Crippen molar-refractivity contribution in [1.82, 2.24) is 4.98 Å². The summed E-state index contributed by atoms with van der Waals surface area (Å²) in [4.78, 5) is 5.42. The zero-order valence-electron chi connectivity index (χ0n) is 12.1. The van der Waals surface area contributed by atoms with Crippen molar-refractivity contribution >= 4 is 5.82 Å². The van der Waals surface area contributed by atoms with Crippen molar-refractivity contribution in [2.45, 2.75) is 12.7 Å². The molecule has 0 aromatic carbocycles. The molecule has 0 radical (unpaired) electrons. The van der Waals surface area contributed by atoms with Crippen LogP contribution in [0.25, 0.3) is 0 Å². The Hall–Kier alpha value is -1.38. The van der Waals surface area contributed by atoms with Crippen molar-refractivity contribution in [2.24, 2.45) is 5.73 Å². The Kier molecular flexibility index (Phi) is 6.86. The van der Waals surface area contributed by atoms with E-state index < -0.39 is 11.9 Å². The molecular weight excluding hydrogens is 287 g/mol. The maximum atomic E-state index is 12.8. The number of ether oxygens (including phenoxy) is 2. The molecule has 21 heavy (non-hydrogen) atoms. The van der Waals surface area contributed by atoms with Gasteiger partial charge in [0.25, 0.3) is 0 Å². The van der Waals surface area contributed by atoms with Crippen LogP contribution >= 0.6 is 0 Å². The summed E-state index contributed by atoms with van der Waals surface area (Å²) in [6.45, 7) is 1.65. The summed E-state index contributed by atoms with van der Waals surface area (Å²) in [6.07, 6.45) is -4.49. The van der Waals surface area contributed by atoms with E-state index in [2.05, 4.69) is 4.98 Å². The predicted molar refractivity (Wildman–Crippen MR) is 73.1 cm³/mol. The molecule has 120 valence electrons. The largest absolute Gasteiger partial charge is 0.433 e. The summed E-state index contributed by atoms with van der Waals surface area (Å²) in [6, 6.07) is 2.30. The second kappa shape index (κ2) is 8.16. The first-order chi connectivity index (χ1) is 9.93. The predicted octanol–water partition coefficient (Wildman–Crippen LogP) is 1.66. The number of anilines is 1. The average molecular weight is 307 g/mol. The summed E-state index contributed by atoms with van der Waals surface area (Å²) >= 11 is 0. The van der Waals surface area contributed by atoms with Gasteiger partial charge in [-0.1, -0.05) is 6.07 Å². The van der Waals surface area contributed by atoms with E-state index in [1.54, 1.807) is 4.90 Å². The number of pyridine rings is 1.